The molecule has 1 atom stereocenters. The number of benzene rings is 2. The molecule has 1 aliphatic heterocycles. The average Bonchev–Trinajstić information content (AvgIpc) is 3.21. The molecular formula is C22H20N2O4. The Morgan fingerprint density at radius 2 is 1.75 bits per heavy atom. The number of hydrogen-bond donors (Lipinski definition) is 0. The molecule has 3 aromatic rings. The number of aromatic nitrogens is 1. The molecule has 1 aromatic heterocycles. The molecule has 1 amide bonds. The topological polar surface area (TPSA) is 68.7 Å². The predicted molar refractivity (Wildman–Crippen MR) is 104 cm³/mol. The summed E-state index contributed by atoms with van der Waals surface area (Å²) in [4.78, 5) is 30.5. The van der Waals surface area contributed by atoms with Gasteiger partial charge in [0, 0.05) is 30.0 Å². The zero-order chi connectivity index (χ0) is 19.5. The van der Waals surface area contributed by atoms with E-state index in [-0.39, 0.29) is 12.0 Å². The van der Waals surface area contributed by atoms with Crippen molar-refractivity contribution >= 4 is 22.8 Å². The number of carbonyl (C=O) groups excluding carboxylic acids is 2. The number of esters is 1. The lowest BCUT2D eigenvalue weighted by atomic mass is 10.1. The maximum absolute atomic E-state index is 12.7. The lowest BCUT2D eigenvalue weighted by molar-refractivity contribution is 0.0600. The zero-order valence-electron chi connectivity index (χ0n) is 15.5. The van der Waals surface area contributed by atoms with Gasteiger partial charge in [0.1, 0.15) is 6.10 Å². The summed E-state index contributed by atoms with van der Waals surface area (Å²) in [6.45, 7) is 1.13. The summed E-state index contributed by atoms with van der Waals surface area (Å²) in [5.74, 6) is 0.0749. The van der Waals surface area contributed by atoms with E-state index in [0.29, 0.717) is 30.1 Å². The summed E-state index contributed by atoms with van der Waals surface area (Å²) in [5.41, 5.74) is 1.85. The number of para-hydroxylation sites is 1. The quantitative estimate of drug-likeness (QED) is 0.654. The third-order valence-corrected chi connectivity index (χ3v) is 4.85. The molecule has 6 nitrogen and oxygen atoms in total. The Labute approximate surface area is 162 Å². The van der Waals surface area contributed by atoms with Crippen LogP contribution in [0.1, 0.15) is 27.1 Å². The fraction of sp³-hybridized carbons (Fsp3) is 0.227. The Morgan fingerprint density at radius 3 is 2.54 bits per heavy atom. The summed E-state index contributed by atoms with van der Waals surface area (Å²) < 4.78 is 10.7. The van der Waals surface area contributed by atoms with Crippen molar-refractivity contribution < 1.29 is 19.1 Å². The van der Waals surface area contributed by atoms with Crippen LogP contribution in [0.3, 0.4) is 0 Å². The number of amides is 1. The number of rotatable bonds is 4. The molecular weight excluding hydrogens is 356 g/mol. The highest BCUT2D eigenvalue weighted by atomic mass is 16.5. The molecule has 0 spiro atoms. The van der Waals surface area contributed by atoms with Gasteiger partial charge in [-0.15, -0.1) is 0 Å². The molecule has 0 N–H and O–H groups in total. The lowest BCUT2D eigenvalue weighted by Crippen LogP contribution is -2.31. The first-order valence-corrected chi connectivity index (χ1v) is 9.14. The van der Waals surface area contributed by atoms with Crippen molar-refractivity contribution in [2.45, 2.75) is 12.5 Å². The number of hydrogen-bond acceptors (Lipinski definition) is 5. The van der Waals surface area contributed by atoms with Gasteiger partial charge in [0.2, 0.25) is 5.88 Å². The molecule has 142 valence electrons. The Morgan fingerprint density at radius 1 is 1.00 bits per heavy atom. The third-order valence-electron chi connectivity index (χ3n) is 4.85. The van der Waals surface area contributed by atoms with Gasteiger partial charge < -0.3 is 14.4 Å². The number of ether oxygens (including phenoxy) is 2. The number of nitrogens with zero attached hydrogens (tertiary/aromatic N) is 2. The molecule has 1 unspecified atom stereocenters. The van der Waals surface area contributed by atoms with Crippen LogP contribution in [0.5, 0.6) is 5.88 Å². The number of likely N-dealkylation sites (tertiary alicyclic amines) is 1. The second-order valence-electron chi connectivity index (χ2n) is 6.69. The number of pyridine rings is 1. The van der Waals surface area contributed by atoms with E-state index in [0.717, 1.165) is 17.3 Å². The molecule has 0 bridgehead atoms. The second-order valence-corrected chi connectivity index (χ2v) is 6.69. The van der Waals surface area contributed by atoms with Crippen LogP contribution >= 0.6 is 0 Å². The van der Waals surface area contributed by atoms with Crippen LogP contribution in [0.25, 0.3) is 10.9 Å². The summed E-state index contributed by atoms with van der Waals surface area (Å²) in [6.07, 6.45) is 0.660. The van der Waals surface area contributed by atoms with Crippen LogP contribution < -0.4 is 4.74 Å². The minimum Gasteiger partial charge on any atom is -0.472 e. The second kappa shape index (κ2) is 7.68. The molecule has 1 saturated heterocycles. The molecule has 0 aliphatic carbocycles. The van der Waals surface area contributed by atoms with Crippen LogP contribution in [0, 0.1) is 0 Å². The molecule has 1 fully saturated rings. The minimum atomic E-state index is -0.420. The molecule has 2 heterocycles. The van der Waals surface area contributed by atoms with Gasteiger partial charge in [0.15, 0.2) is 0 Å². The van der Waals surface area contributed by atoms with Gasteiger partial charge in [0.25, 0.3) is 5.91 Å². The smallest absolute Gasteiger partial charge is 0.337 e. The minimum absolute atomic E-state index is 0.0750. The van der Waals surface area contributed by atoms with Gasteiger partial charge in [0.05, 0.1) is 24.7 Å². The largest absolute Gasteiger partial charge is 0.472 e. The van der Waals surface area contributed by atoms with Gasteiger partial charge in [-0.25, -0.2) is 9.78 Å². The van der Waals surface area contributed by atoms with Crippen molar-refractivity contribution in [3.8, 4) is 5.88 Å². The molecule has 28 heavy (non-hydrogen) atoms. The monoisotopic (exact) mass is 376 g/mol. The molecule has 1 aliphatic rings. The van der Waals surface area contributed by atoms with E-state index in [1.807, 2.05) is 36.4 Å². The standard InChI is InChI=1S/C22H20N2O4/c1-27-22(26)17-8-6-16(7-9-17)21(25)24-13-12-18(14-24)28-20-11-10-15-4-2-3-5-19(15)23-20/h2-11,18H,12-14H2,1H3. The fourth-order valence-electron chi connectivity index (χ4n) is 3.34. The number of carbonyl (C=O) groups is 2. The third kappa shape index (κ3) is 3.67. The fourth-order valence-corrected chi connectivity index (χ4v) is 3.34. The lowest BCUT2D eigenvalue weighted by Gasteiger charge is -2.17. The van der Waals surface area contributed by atoms with E-state index >= 15 is 0 Å². The number of fused-ring (bicyclic) bond motifs is 1. The summed E-state index contributed by atoms with van der Waals surface area (Å²) in [7, 11) is 1.33. The average molecular weight is 376 g/mol. The van der Waals surface area contributed by atoms with Crippen LogP contribution in [0.15, 0.2) is 60.7 Å². The molecule has 6 heteroatoms. The van der Waals surface area contributed by atoms with E-state index in [4.69, 9.17) is 4.74 Å². The van der Waals surface area contributed by atoms with Crippen LogP contribution in [-0.4, -0.2) is 48.1 Å². The van der Waals surface area contributed by atoms with Crippen molar-refractivity contribution in [1.29, 1.82) is 0 Å². The van der Waals surface area contributed by atoms with E-state index < -0.39 is 5.97 Å². The highest BCUT2D eigenvalue weighted by Crippen LogP contribution is 2.21. The van der Waals surface area contributed by atoms with Crippen molar-refractivity contribution in [2.24, 2.45) is 0 Å². The van der Waals surface area contributed by atoms with Crippen LogP contribution in [-0.2, 0) is 4.74 Å². The van der Waals surface area contributed by atoms with Gasteiger partial charge in [-0.05, 0) is 36.4 Å². The van der Waals surface area contributed by atoms with Crippen molar-refractivity contribution in [3.05, 3.63) is 71.8 Å². The summed E-state index contributed by atoms with van der Waals surface area (Å²) in [5, 5.41) is 1.06. The van der Waals surface area contributed by atoms with Crippen molar-refractivity contribution in [1.82, 2.24) is 9.88 Å². The first-order valence-electron chi connectivity index (χ1n) is 9.14. The van der Waals surface area contributed by atoms with Gasteiger partial charge >= 0.3 is 5.97 Å². The summed E-state index contributed by atoms with van der Waals surface area (Å²) >= 11 is 0. The van der Waals surface area contributed by atoms with Crippen LogP contribution in [0.4, 0.5) is 0 Å². The first-order chi connectivity index (χ1) is 13.6. The SMILES string of the molecule is COC(=O)c1ccc(C(=O)N2CCC(Oc3ccc4ccccc4n3)C2)cc1. The van der Waals surface area contributed by atoms with Crippen LogP contribution in [0.2, 0.25) is 0 Å². The molecule has 0 saturated carbocycles. The maximum atomic E-state index is 12.7. The normalized spacial score (nSPS) is 16.2. The first kappa shape index (κ1) is 18.0. The Bertz CT molecular complexity index is 1020. The van der Waals surface area contributed by atoms with Gasteiger partial charge in [-0.1, -0.05) is 18.2 Å². The maximum Gasteiger partial charge on any atom is 0.337 e. The van der Waals surface area contributed by atoms with E-state index in [1.54, 1.807) is 29.2 Å². The highest BCUT2D eigenvalue weighted by Gasteiger charge is 2.28. The van der Waals surface area contributed by atoms with Crippen molar-refractivity contribution in [3.63, 3.8) is 0 Å². The molecule has 0 radical (unpaired) electrons. The molecule has 2 aromatic carbocycles. The van der Waals surface area contributed by atoms with Gasteiger partial charge in [-0.3, -0.25) is 4.79 Å². The Balaban J connectivity index is 1.40. The van der Waals surface area contributed by atoms with E-state index in [1.165, 1.54) is 7.11 Å². The highest BCUT2D eigenvalue weighted by molar-refractivity contribution is 5.96. The van der Waals surface area contributed by atoms with Crippen molar-refractivity contribution in [2.75, 3.05) is 20.2 Å². The van der Waals surface area contributed by atoms with Gasteiger partial charge in [-0.2, -0.15) is 0 Å². The predicted octanol–water partition coefficient (Wildman–Crippen LogP) is 3.31. The van der Waals surface area contributed by atoms with E-state index in [9.17, 15) is 9.59 Å². The summed E-state index contributed by atoms with van der Waals surface area (Å²) in [6, 6.07) is 18.2. The van der Waals surface area contributed by atoms with E-state index in [2.05, 4.69) is 9.72 Å². The zero-order valence-corrected chi connectivity index (χ0v) is 15.5. The Hall–Kier alpha value is -3.41. The number of methoxy groups -OCH3 is 1. The Kier molecular flexibility index (Phi) is 4.93. The molecule has 4 rings (SSSR count).